The van der Waals surface area contributed by atoms with Crippen LogP contribution in [0.1, 0.15) is 24.8 Å². The van der Waals surface area contributed by atoms with E-state index in [2.05, 4.69) is 16.9 Å². The summed E-state index contributed by atoms with van der Waals surface area (Å²) >= 11 is 1.67. The Morgan fingerprint density at radius 3 is 2.93 bits per heavy atom. The molecule has 1 fully saturated rings. The van der Waals surface area contributed by atoms with Crippen molar-refractivity contribution < 1.29 is 13.8 Å². The maximum atomic E-state index is 9.94. The molecule has 0 radical (unpaired) electrons. The molecule has 1 aliphatic heterocycles. The van der Waals surface area contributed by atoms with Gasteiger partial charge in [-0.3, -0.25) is 9.11 Å². The van der Waals surface area contributed by atoms with Gasteiger partial charge in [0.2, 0.25) is 0 Å². The molecule has 1 aliphatic rings. The van der Waals surface area contributed by atoms with E-state index in [9.17, 15) is 9.11 Å². The van der Waals surface area contributed by atoms with Gasteiger partial charge in [0, 0.05) is 18.0 Å². The largest absolute Gasteiger partial charge is 0.492 e. The van der Waals surface area contributed by atoms with Gasteiger partial charge in [0.05, 0.1) is 27.5 Å². The van der Waals surface area contributed by atoms with Crippen molar-refractivity contribution in [2.75, 3.05) is 31.2 Å². The predicted octanol–water partition coefficient (Wildman–Crippen LogP) is 4.13. The lowest BCUT2D eigenvalue weighted by Crippen LogP contribution is -2.27. The minimum atomic E-state index is -2.59. The molecule has 4 rings (SSSR count). The van der Waals surface area contributed by atoms with Gasteiger partial charge in [-0.25, -0.2) is 14.3 Å². The van der Waals surface area contributed by atoms with E-state index in [1.807, 2.05) is 18.2 Å². The number of nitrogen functional groups attached to an aromatic ring is 1. The highest BCUT2D eigenvalue weighted by Gasteiger charge is 2.28. The minimum Gasteiger partial charge on any atom is -0.492 e. The van der Waals surface area contributed by atoms with E-state index >= 15 is 0 Å². The molecule has 2 aromatic heterocycles. The summed E-state index contributed by atoms with van der Waals surface area (Å²) in [5.41, 5.74) is 7.70. The van der Waals surface area contributed by atoms with E-state index in [0.717, 1.165) is 45.4 Å². The molecule has 9 heteroatoms. The second-order valence-corrected chi connectivity index (χ2v) is 9.95. The fourth-order valence-electron chi connectivity index (χ4n) is 3.34. The van der Waals surface area contributed by atoms with Crippen LogP contribution in [-0.4, -0.2) is 48.8 Å². The topological polar surface area (TPSA) is 105 Å². The SMILES string of the molecule is CCCc1nc2c(N)nc3cc(OCCN4CCCS4(O)O)ccc3c2s1. The Balaban J connectivity index is 1.54. The molecule has 0 amide bonds. The van der Waals surface area contributed by atoms with Crippen molar-refractivity contribution in [1.82, 2.24) is 14.3 Å². The summed E-state index contributed by atoms with van der Waals surface area (Å²) in [6.45, 7) is 3.71. The van der Waals surface area contributed by atoms with Gasteiger partial charge in [-0.1, -0.05) is 6.92 Å². The normalized spacial score (nSPS) is 18.3. The van der Waals surface area contributed by atoms with Gasteiger partial charge in [0.15, 0.2) is 5.82 Å². The zero-order valence-electron chi connectivity index (χ0n) is 15.2. The van der Waals surface area contributed by atoms with Crippen molar-refractivity contribution in [3.05, 3.63) is 23.2 Å². The number of pyridine rings is 1. The third kappa shape index (κ3) is 3.70. The van der Waals surface area contributed by atoms with E-state index in [0.29, 0.717) is 37.0 Å². The van der Waals surface area contributed by atoms with Gasteiger partial charge in [-0.2, -0.15) is 0 Å². The second kappa shape index (κ2) is 7.40. The Labute approximate surface area is 163 Å². The molecule has 1 saturated heterocycles. The van der Waals surface area contributed by atoms with Crippen molar-refractivity contribution in [2.45, 2.75) is 26.2 Å². The summed E-state index contributed by atoms with van der Waals surface area (Å²) in [4.78, 5) is 9.13. The summed E-state index contributed by atoms with van der Waals surface area (Å²) in [6.07, 6.45) is 2.80. The standard InChI is InChI=1S/C18H24N4O3S2/c1-2-4-15-21-16-17(26-15)13-6-5-12(11-14(13)20-18(16)19)25-9-8-22-7-3-10-27(22,23)24/h5-6,11,23-24H,2-4,7-10H2,1H3,(H2,19,20). The molecule has 0 saturated carbocycles. The van der Waals surface area contributed by atoms with Gasteiger partial charge >= 0.3 is 0 Å². The first-order chi connectivity index (χ1) is 13.0. The van der Waals surface area contributed by atoms with Crippen molar-refractivity contribution in [3.8, 4) is 5.75 Å². The lowest BCUT2D eigenvalue weighted by atomic mass is 10.2. The summed E-state index contributed by atoms with van der Waals surface area (Å²) < 4.78 is 28.5. The Morgan fingerprint density at radius 1 is 1.33 bits per heavy atom. The summed E-state index contributed by atoms with van der Waals surface area (Å²) in [5, 5.41) is 2.11. The Morgan fingerprint density at radius 2 is 2.19 bits per heavy atom. The van der Waals surface area contributed by atoms with E-state index in [1.54, 1.807) is 15.6 Å². The first-order valence-corrected chi connectivity index (χ1v) is 11.6. The fraction of sp³-hybridized carbons (Fsp3) is 0.444. The lowest BCUT2D eigenvalue weighted by Gasteiger charge is -2.36. The molecule has 0 atom stereocenters. The molecular weight excluding hydrogens is 384 g/mol. The molecule has 3 heterocycles. The van der Waals surface area contributed by atoms with Gasteiger partial charge in [0.25, 0.3) is 0 Å². The highest BCUT2D eigenvalue weighted by Crippen LogP contribution is 2.47. The molecule has 7 nitrogen and oxygen atoms in total. The first-order valence-electron chi connectivity index (χ1n) is 9.10. The molecule has 0 spiro atoms. The molecular formula is C18H24N4O3S2. The summed E-state index contributed by atoms with van der Waals surface area (Å²) in [5.74, 6) is 1.60. The number of anilines is 1. The number of fused-ring (bicyclic) bond motifs is 3. The van der Waals surface area contributed by atoms with Crippen LogP contribution in [0.2, 0.25) is 0 Å². The number of hydrogen-bond donors (Lipinski definition) is 3. The number of thiazole rings is 1. The molecule has 146 valence electrons. The van der Waals surface area contributed by atoms with Crippen LogP contribution < -0.4 is 10.5 Å². The number of hydrogen-bond acceptors (Lipinski definition) is 8. The average molecular weight is 409 g/mol. The van der Waals surface area contributed by atoms with Gasteiger partial charge < -0.3 is 10.5 Å². The third-order valence-electron chi connectivity index (χ3n) is 4.68. The highest BCUT2D eigenvalue weighted by molar-refractivity contribution is 8.22. The zero-order valence-corrected chi connectivity index (χ0v) is 16.9. The fourth-order valence-corrected chi connectivity index (χ4v) is 6.11. The number of aromatic nitrogens is 2. The van der Waals surface area contributed by atoms with Crippen LogP contribution in [-0.2, 0) is 6.42 Å². The lowest BCUT2D eigenvalue weighted by molar-refractivity contribution is 0.269. The zero-order chi connectivity index (χ0) is 19.0. The molecule has 0 unspecified atom stereocenters. The average Bonchev–Trinajstić information content (AvgIpc) is 3.19. The number of aryl methyl sites for hydroxylation is 1. The maximum Gasteiger partial charge on any atom is 0.151 e. The number of nitrogens with zero attached hydrogens (tertiary/aromatic N) is 3. The molecule has 0 aliphatic carbocycles. The van der Waals surface area contributed by atoms with Crippen LogP contribution in [0.25, 0.3) is 21.1 Å². The Hall–Kier alpha value is -1.65. The smallest absolute Gasteiger partial charge is 0.151 e. The molecule has 0 bridgehead atoms. The van der Waals surface area contributed by atoms with E-state index < -0.39 is 10.8 Å². The van der Waals surface area contributed by atoms with Gasteiger partial charge in [0.1, 0.15) is 17.9 Å². The summed E-state index contributed by atoms with van der Waals surface area (Å²) in [7, 11) is -2.59. The highest BCUT2D eigenvalue weighted by atomic mass is 32.3. The van der Waals surface area contributed by atoms with Crippen molar-refractivity contribution >= 4 is 49.1 Å². The molecule has 27 heavy (non-hydrogen) atoms. The molecule has 1 aromatic carbocycles. The van der Waals surface area contributed by atoms with Crippen LogP contribution in [0.4, 0.5) is 5.82 Å². The van der Waals surface area contributed by atoms with Crippen LogP contribution >= 0.6 is 22.1 Å². The minimum absolute atomic E-state index is 0.389. The van der Waals surface area contributed by atoms with Crippen LogP contribution in [0.15, 0.2) is 18.2 Å². The van der Waals surface area contributed by atoms with Crippen molar-refractivity contribution in [3.63, 3.8) is 0 Å². The van der Waals surface area contributed by atoms with Gasteiger partial charge in [-0.15, -0.1) is 22.1 Å². The monoisotopic (exact) mass is 408 g/mol. The van der Waals surface area contributed by atoms with E-state index in [1.165, 1.54) is 0 Å². The van der Waals surface area contributed by atoms with Crippen LogP contribution in [0.5, 0.6) is 5.75 Å². The second-order valence-electron chi connectivity index (χ2n) is 6.68. The number of rotatable bonds is 6. The Bertz CT molecular complexity index is 976. The van der Waals surface area contributed by atoms with Gasteiger partial charge in [-0.05, 0) is 31.4 Å². The van der Waals surface area contributed by atoms with Crippen LogP contribution in [0, 0.1) is 0 Å². The number of nitrogens with two attached hydrogens (primary N) is 1. The van der Waals surface area contributed by atoms with Crippen LogP contribution in [0.3, 0.4) is 0 Å². The Kier molecular flexibility index (Phi) is 5.13. The van der Waals surface area contributed by atoms with Crippen molar-refractivity contribution in [1.29, 1.82) is 0 Å². The maximum absolute atomic E-state index is 9.94. The van der Waals surface area contributed by atoms with E-state index in [-0.39, 0.29) is 0 Å². The third-order valence-corrected chi connectivity index (χ3v) is 7.86. The summed E-state index contributed by atoms with van der Waals surface area (Å²) in [6, 6.07) is 5.80. The number of benzene rings is 1. The molecule has 3 aromatic rings. The molecule has 4 N–H and O–H groups in total. The first kappa shape index (κ1) is 18.7. The van der Waals surface area contributed by atoms with E-state index in [4.69, 9.17) is 10.5 Å². The number of ether oxygens (including phenoxy) is 1. The predicted molar refractivity (Wildman–Crippen MR) is 113 cm³/mol. The quantitative estimate of drug-likeness (QED) is 0.563. The van der Waals surface area contributed by atoms with Crippen molar-refractivity contribution in [2.24, 2.45) is 0 Å².